The summed E-state index contributed by atoms with van der Waals surface area (Å²) >= 11 is 0. The quantitative estimate of drug-likeness (QED) is 0.827. The second kappa shape index (κ2) is 9.07. The first kappa shape index (κ1) is 16.0. The van der Waals surface area contributed by atoms with Crippen LogP contribution in [0.4, 0.5) is 0 Å². The summed E-state index contributed by atoms with van der Waals surface area (Å²) in [6, 6.07) is 3.35. The number of aliphatic hydroxyl groups is 1. The number of carbonyl (C=O) groups excluding carboxylic acids is 1. The lowest BCUT2D eigenvalue weighted by Crippen LogP contribution is -1.98. The lowest BCUT2D eigenvalue weighted by molar-refractivity contribution is 0.112. The van der Waals surface area contributed by atoms with Crippen molar-refractivity contribution >= 4 is 6.29 Å². The van der Waals surface area contributed by atoms with Crippen LogP contribution in [0.5, 0.6) is 0 Å². The minimum Gasteiger partial charge on any atom is -0.400 e. The van der Waals surface area contributed by atoms with Crippen molar-refractivity contribution in [2.45, 2.75) is 20.8 Å². The molecular formula is C13H19N3O2. The van der Waals surface area contributed by atoms with E-state index in [1.807, 2.05) is 27.0 Å². The van der Waals surface area contributed by atoms with Gasteiger partial charge in [-0.25, -0.2) is 9.67 Å². The molecular weight excluding hydrogens is 230 g/mol. The Morgan fingerprint density at radius 1 is 1.33 bits per heavy atom. The van der Waals surface area contributed by atoms with Gasteiger partial charge in [-0.1, -0.05) is 13.8 Å². The van der Waals surface area contributed by atoms with Crippen LogP contribution in [-0.4, -0.2) is 33.3 Å². The van der Waals surface area contributed by atoms with Gasteiger partial charge in [0, 0.05) is 25.1 Å². The van der Waals surface area contributed by atoms with Crippen molar-refractivity contribution in [1.29, 1.82) is 0 Å². The molecule has 0 radical (unpaired) electrons. The molecule has 0 aliphatic rings. The molecule has 0 atom stereocenters. The van der Waals surface area contributed by atoms with Crippen LogP contribution in [0.2, 0.25) is 0 Å². The topological polar surface area (TPSA) is 68.0 Å². The van der Waals surface area contributed by atoms with Crippen molar-refractivity contribution in [3.8, 4) is 5.82 Å². The molecule has 0 bridgehead atoms. The van der Waals surface area contributed by atoms with Crippen molar-refractivity contribution < 1.29 is 9.90 Å². The Balaban J connectivity index is 0.000000659. The number of aromatic nitrogens is 3. The fourth-order valence-electron chi connectivity index (χ4n) is 1.17. The van der Waals surface area contributed by atoms with Crippen LogP contribution >= 0.6 is 0 Å². The fourth-order valence-corrected chi connectivity index (χ4v) is 1.17. The summed E-state index contributed by atoms with van der Waals surface area (Å²) in [6.07, 6.45) is 5.99. The summed E-state index contributed by atoms with van der Waals surface area (Å²) in [4.78, 5) is 14.7. The molecule has 1 N–H and O–H groups in total. The molecule has 2 aromatic heterocycles. The summed E-state index contributed by atoms with van der Waals surface area (Å²) in [6.45, 7) is 5.95. The summed E-state index contributed by atoms with van der Waals surface area (Å²) in [5.74, 6) is 0.655. The first-order chi connectivity index (χ1) is 8.79. The van der Waals surface area contributed by atoms with Gasteiger partial charge in [-0.05, 0) is 24.6 Å². The standard InChI is InChI=1S/C10H9N3O.C2H6.CH4O/c1-8-5-12-13(6-8)10-4-9(7-14)2-3-11-10;2*1-2/h2-7H,1H3;1-2H3;2H,1H3. The van der Waals surface area contributed by atoms with Gasteiger partial charge < -0.3 is 5.11 Å². The average Bonchev–Trinajstić information content (AvgIpc) is 2.90. The summed E-state index contributed by atoms with van der Waals surface area (Å²) in [5.41, 5.74) is 1.66. The largest absolute Gasteiger partial charge is 0.400 e. The number of hydrogen-bond acceptors (Lipinski definition) is 4. The van der Waals surface area contributed by atoms with Crippen LogP contribution in [0.15, 0.2) is 30.7 Å². The van der Waals surface area contributed by atoms with Gasteiger partial charge in [0.15, 0.2) is 5.82 Å². The number of aryl methyl sites for hydroxylation is 1. The minimum atomic E-state index is 0.600. The van der Waals surface area contributed by atoms with Crippen molar-refractivity contribution in [3.63, 3.8) is 0 Å². The number of carbonyl (C=O) groups is 1. The number of aliphatic hydroxyl groups excluding tert-OH is 1. The van der Waals surface area contributed by atoms with E-state index in [0.717, 1.165) is 19.0 Å². The van der Waals surface area contributed by atoms with Gasteiger partial charge in [0.05, 0.1) is 6.20 Å². The van der Waals surface area contributed by atoms with E-state index in [4.69, 9.17) is 5.11 Å². The van der Waals surface area contributed by atoms with Gasteiger partial charge in [0.25, 0.3) is 0 Å². The molecule has 2 rings (SSSR count). The number of pyridine rings is 1. The Morgan fingerprint density at radius 3 is 2.50 bits per heavy atom. The molecule has 5 nitrogen and oxygen atoms in total. The van der Waals surface area contributed by atoms with Crippen LogP contribution < -0.4 is 0 Å². The average molecular weight is 249 g/mol. The van der Waals surface area contributed by atoms with Crippen LogP contribution in [0.25, 0.3) is 5.82 Å². The lowest BCUT2D eigenvalue weighted by atomic mass is 10.3. The molecule has 0 aromatic carbocycles. The number of hydrogen-bond donors (Lipinski definition) is 1. The molecule has 5 heteroatoms. The summed E-state index contributed by atoms with van der Waals surface area (Å²) in [7, 11) is 1.00. The van der Waals surface area contributed by atoms with Gasteiger partial charge >= 0.3 is 0 Å². The molecule has 98 valence electrons. The third-order valence-corrected chi connectivity index (χ3v) is 1.85. The first-order valence-electron chi connectivity index (χ1n) is 5.67. The molecule has 18 heavy (non-hydrogen) atoms. The first-order valence-corrected chi connectivity index (χ1v) is 5.67. The monoisotopic (exact) mass is 249 g/mol. The molecule has 0 aliphatic heterocycles. The Labute approximate surface area is 107 Å². The highest BCUT2D eigenvalue weighted by Crippen LogP contribution is 2.05. The van der Waals surface area contributed by atoms with Gasteiger partial charge in [-0.3, -0.25) is 4.79 Å². The predicted octanol–water partition coefficient (Wildman–Crippen LogP) is 2.02. The van der Waals surface area contributed by atoms with E-state index in [0.29, 0.717) is 11.4 Å². The molecule has 2 heterocycles. The van der Waals surface area contributed by atoms with Crippen molar-refractivity contribution in [2.24, 2.45) is 0 Å². The fraction of sp³-hybridized carbons (Fsp3) is 0.308. The third-order valence-electron chi connectivity index (χ3n) is 1.85. The number of aldehydes is 1. The zero-order valence-electron chi connectivity index (χ0n) is 11.2. The van der Waals surface area contributed by atoms with Crippen LogP contribution in [-0.2, 0) is 0 Å². The normalized spacial score (nSPS) is 8.50. The van der Waals surface area contributed by atoms with Crippen molar-refractivity contribution in [1.82, 2.24) is 14.8 Å². The molecule has 0 saturated carbocycles. The maximum absolute atomic E-state index is 10.5. The highest BCUT2D eigenvalue weighted by molar-refractivity contribution is 5.75. The van der Waals surface area contributed by atoms with Crippen LogP contribution in [0.1, 0.15) is 29.8 Å². The molecule has 2 aromatic rings. The Hall–Kier alpha value is -2.01. The van der Waals surface area contributed by atoms with E-state index < -0.39 is 0 Å². The van der Waals surface area contributed by atoms with Crippen molar-refractivity contribution in [2.75, 3.05) is 7.11 Å². The van der Waals surface area contributed by atoms with E-state index in [-0.39, 0.29) is 0 Å². The zero-order chi connectivity index (χ0) is 14.0. The summed E-state index contributed by atoms with van der Waals surface area (Å²) in [5, 5.41) is 11.1. The summed E-state index contributed by atoms with van der Waals surface area (Å²) < 4.78 is 1.64. The smallest absolute Gasteiger partial charge is 0.153 e. The molecule has 0 aliphatic carbocycles. The van der Waals surface area contributed by atoms with E-state index in [2.05, 4.69) is 10.1 Å². The maximum Gasteiger partial charge on any atom is 0.153 e. The SMILES string of the molecule is CC.CO.Cc1cnn(-c2cc(C=O)ccn2)c1. The van der Waals surface area contributed by atoms with Gasteiger partial charge in [-0.2, -0.15) is 5.10 Å². The number of rotatable bonds is 2. The van der Waals surface area contributed by atoms with E-state index in [1.165, 1.54) is 0 Å². The van der Waals surface area contributed by atoms with Gasteiger partial charge in [0.1, 0.15) is 6.29 Å². The second-order valence-electron chi connectivity index (χ2n) is 3.03. The Morgan fingerprint density at radius 2 is 2.00 bits per heavy atom. The minimum absolute atomic E-state index is 0.600. The molecule has 0 spiro atoms. The third kappa shape index (κ3) is 4.47. The Kier molecular flexibility index (Phi) is 8.05. The second-order valence-corrected chi connectivity index (χ2v) is 3.03. The molecule has 0 fully saturated rings. The number of nitrogens with zero attached hydrogens (tertiary/aromatic N) is 3. The van der Waals surface area contributed by atoms with Crippen LogP contribution in [0, 0.1) is 6.92 Å². The van der Waals surface area contributed by atoms with Crippen LogP contribution in [0.3, 0.4) is 0 Å². The highest BCUT2D eigenvalue weighted by Gasteiger charge is 2.00. The Bertz CT molecular complexity index is 467. The van der Waals surface area contributed by atoms with E-state index in [9.17, 15) is 4.79 Å². The van der Waals surface area contributed by atoms with Crippen molar-refractivity contribution in [3.05, 3.63) is 41.9 Å². The molecule has 0 unspecified atom stereocenters. The lowest BCUT2D eigenvalue weighted by Gasteiger charge is -1.99. The zero-order valence-corrected chi connectivity index (χ0v) is 11.2. The maximum atomic E-state index is 10.5. The van der Waals surface area contributed by atoms with E-state index in [1.54, 1.807) is 29.2 Å². The van der Waals surface area contributed by atoms with Gasteiger partial charge in [0.2, 0.25) is 0 Å². The highest BCUT2D eigenvalue weighted by atomic mass is 16.2. The predicted molar refractivity (Wildman–Crippen MR) is 71.0 cm³/mol. The molecule has 0 amide bonds. The van der Waals surface area contributed by atoms with Gasteiger partial charge in [-0.15, -0.1) is 0 Å². The molecule has 0 saturated heterocycles. The van der Waals surface area contributed by atoms with E-state index >= 15 is 0 Å².